The number of hydrogen-bond donors (Lipinski definition) is 2. The molecule has 5 nitrogen and oxygen atoms in total. The summed E-state index contributed by atoms with van der Waals surface area (Å²) in [6, 6.07) is 8.76. The van der Waals surface area contributed by atoms with Gasteiger partial charge in [-0.25, -0.2) is 0 Å². The van der Waals surface area contributed by atoms with E-state index < -0.39 is 0 Å². The van der Waals surface area contributed by atoms with E-state index in [2.05, 4.69) is 9.99 Å². The SMILES string of the molecule is NC(N)=NOCC(=O)c1ccccc1. The van der Waals surface area contributed by atoms with E-state index in [0.717, 1.165) is 0 Å². The zero-order valence-corrected chi connectivity index (χ0v) is 7.51. The molecule has 74 valence electrons. The zero-order chi connectivity index (χ0) is 10.4. The molecular weight excluding hydrogens is 182 g/mol. The Balaban J connectivity index is 2.48. The fourth-order valence-electron chi connectivity index (χ4n) is 0.873. The van der Waals surface area contributed by atoms with E-state index in [9.17, 15) is 4.79 Å². The van der Waals surface area contributed by atoms with Gasteiger partial charge in [-0.3, -0.25) is 4.79 Å². The van der Waals surface area contributed by atoms with Crippen molar-refractivity contribution in [3.05, 3.63) is 35.9 Å². The Hall–Kier alpha value is -2.04. The van der Waals surface area contributed by atoms with Crippen molar-refractivity contribution in [3.8, 4) is 0 Å². The van der Waals surface area contributed by atoms with Gasteiger partial charge in [-0.05, 0) is 5.16 Å². The Morgan fingerprint density at radius 3 is 2.50 bits per heavy atom. The van der Waals surface area contributed by atoms with Crippen LogP contribution in [-0.2, 0) is 4.84 Å². The summed E-state index contributed by atoms with van der Waals surface area (Å²) in [6.45, 7) is -0.165. The van der Waals surface area contributed by atoms with Crippen LogP contribution in [0.2, 0.25) is 0 Å². The lowest BCUT2D eigenvalue weighted by Gasteiger charge is -1.99. The number of hydrogen-bond acceptors (Lipinski definition) is 3. The predicted molar refractivity (Wildman–Crippen MR) is 52.5 cm³/mol. The molecule has 0 amide bonds. The van der Waals surface area contributed by atoms with E-state index in [4.69, 9.17) is 11.5 Å². The van der Waals surface area contributed by atoms with E-state index in [-0.39, 0.29) is 18.3 Å². The largest absolute Gasteiger partial charge is 0.384 e. The maximum atomic E-state index is 11.4. The first-order chi connectivity index (χ1) is 6.70. The third-order valence-corrected chi connectivity index (χ3v) is 1.46. The van der Waals surface area contributed by atoms with Crippen LogP contribution in [0.3, 0.4) is 0 Å². The van der Waals surface area contributed by atoms with Crippen molar-refractivity contribution in [2.45, 2.75) is 0 Å². The standard InChI is InChI=1S/C9H11N3O2/c10-9(11)12-14-6-8(13)7-4-2-1-3-5-7/h1-5H,6H2,(H4,10,11,12). The Bertz CT molecular complexity index is 331. The van der Waals surface area contributed by atoms with Crippen molar-refractivity contribution >= 4 is 11.7 Å². The van der Waals surface area contributed by atoms with Crippen LogP contribution < -0.4 is 11.5 Å². The average molecular weight is 193 g/mol. The summed E-state index contributed by atoms with van der Waals surface area (Å²) in [4.78, 5) is 15.9. The minimum Gasteiger partial charge on any atom is -0.384 e. The van der Waals surface area contributed by atoms with Crippen molar-refractivity contribution in [1.29, 1.82) is 0 Å². The van der Waals surface area contributed by atoms with Crippen LogP contribution in [0.5, 0.6) is 0 Å². The quantitative estimate of drug-likeness (QED) is 0.306. The Morgan fingerprint density at radius 2 is 1.93 bits per heavy atom. The highest BCUT2D eigenvalue weighted by molar-refractivity contribution is 5.97. The molecule has 0 aromatic heterocycles. The minimum atomic E-state index is -0.203. The van der Waals surface area contributed by atoms with E-state index >= 15 is 0 Å². The molecule has 0 bridgehead atoms. The zero-order valence-electron chi connectivity index (χ0n) is 7.51. The fourth-order valence-corrected chi connectivity index (χ4v) is 0.873. The molecule has 0 aliphatic rings. The highest BCUT2D eigenvalue weighted by atomic mass is 16.6. The van der Waals surface area contributed by atoms with Gasteiger partial charge in [0.05, 0.1) is 0 Å². The molecule has 0 unspecified atom stereocenters. The van der Waals surface area contributed by atoms with Crippen LogP contribution in [0.4, 0.5) is 0 Å². The normalized spacial score (nSPS) is 9.14. The summed E-state index contributed by atoms with van der Waals surface area (Å²) in [7, 11) is 0. The topological polar surface area (TPSA) is 90.7 Å². The first-order valence-corrected chi connectivity index (χ1v) is 3.99. The summed E-state index contributed by atoms with van der Waals surface area (Å²) in [5.74, 6) is -0.374. The molecule has 0 radical (unpaired) electrons. The summed E-state index contributed by atoms with van der Waals surface area (Å²) in [5.41, 5.74) is 10.6. The Morgan fingerprint density at radius 1 is 1.29 bits per heavy atom. The Labute approximate surface area is 81.3 Å². The number of ketones is 1. The second kappa shape index (κ2) is 4.86. The van der Waals surface area contributed by atoms with Gasteiger partial charge in [-0.2, -0.15) is 0 Å². The molecule has 1 rings (SSSR count). The van der Waals surface area contributed by atoms with Gasteiger partial charge in [-0.1, -0.05) is 30.3 Å². The number of nitrogens with zero attached hydrogens (tertiary/aromatic N) is 1. The van der Waals surface area contributed by atoms with Gasteiger partial charge >= 0.3 is 0 Å². The lowest BCUT2D eigenvalue weighted by atomic mass is 10.1. The molecular formula is C9H11N3O2. The summed E-state index contributed by atoms with van der Waals surface area (Å²) in [6.07, 6.45) is 0. The van der Waals surface area contributed by atoms with Crippen molar-refractivity contribution in [1.82, 2.24) is 0 Å². The van der Waals surface area contributed by atoms with Crippen LogP contribution >= 0.6 is 0 Å². The van der Waals surface area contributed by atoms with Gasteiger partial charge in [0.15, 0.2) is 6.61 Å². The maximum Gasteiger partial charge on any atom is 0.228 e. The molecule has 0 spiro atoms. The molecule has 0 heterocycles. The molecule has 0 aliphatic carbocycles. The van der Waals surface area contributed by atoms with E-state index in [1.807, 2.05) is 6.07 Å². The first kappa shape index (κ1) is 10.0. The molecule has 0 atom stereocenters. The highest BCUT2D eigenvalue weighted by Crippen LogP contribution is 1.99. The second-order valence-electron chi connectivity index (χ2n) is 2.58. The number of guanidine groups is 1. The molecule has 4 N–H and O–H groups in total. The lowest BCUT2D eigenvalue weighted by molar-refractivity contribution is 0.0775. The summed E-state index contributed by atoms with van der Waals surface area (Å²) in [5, 5.41) is 3.24. The molecule has 1 aromatic carbocycles. The second-order valence-corrected chi connectivity index (χ2v) is 2.58. The molecule has 1 aromatic rings. The van der Waals surface area contributed by atoms with Gasteiger partial charge in [-0.15, -0.1) is 0 Å². The molecule has 0 saturated heterocycles. The third-order valence-electron chi connectivity index (χ3n) is 1.46. The molecule has 5 heteroatoms. The predicted octanol–water partition coefficient (Wildman–Crippen LogP) is 0.0743. The van der Waals surface area contributed by atoms with Gasteiger partial charge < -0.3 is 16.3 Å². The molecule has 0 saturated carbocycles. The number of nitrogens with two attached hydrogens (primary N) is 2. The Kier molecular flexibility index (Phi) is 3.49. The lowest BCUT2D eigenvalue weighted by Crippen LogP contribution is -2.23. The van der Waals surface area contributed by atoms with Crippen molar-refractivity contribution in [2.75, 3.05) is 6.61 Å². The highest BCUT2D eigenvalue weighted by Gasteiger charge is 2.04. The van der Waals surface area contributed by atoms with E-state index in [1.54, 1.807) is 24.3 Å². The van der Waals surface area contributed by atoms with E-state index in [1.165, 1.54) is 0 Å². The van der Waals surface area contributed by atoms with Gasteiger partial charge in [0.1, 0.15) is 0 Å². The van der Waals surface area contributed by atoms with Crippen molar-refractivity contribution in [2.24, 2.45) is 16.6 Å². The molecule has 14 heavy (non-hydrogen) atoms. The number of oxime groups is 1. The van der Waals surface area contributed by atoms with Gasteiger partial charge in [0, 0.05) is 5.56 Å². The van der Waals surface area contributed by atoms with Gasteiger partial charge in [0.25, 0.3) is 0 Å². The minimum absolute atomic E-state index is 0.165. The summed E-state index contributed by atoms with van der Waals surface area (Å²) >= 11 is 0. The number of carbonyl (C=O) groups is 1. The molecule has 0 aliphatic heterocycles. The van der Waals surface area contributed by atoms with Crippen LogP contribution in [0, 0.1) is 0 Å². The van der Waals surface area contributed by atoms with Crippen molar-refractivity contribution in [3.63, 3.8) is 0 Å². The van der Waals surface area contributed by atoms with Crippen molar-refractivity contribution < 1.29 is 9.63 Å². The number of Topliss-reactive ketones (excluding diaryl/α,β-unsaturated/α-hetero) is 1. The van der Waals surface area contributed by atoms with Crippen LogP contribution in [0.25, 0.3) is 0 Å². The maximum absolute atomic E-state index is 11.4. The summed E-state index contributed by atoms with van der Waals surface area (Å²) < 4.78 is 0. The number of carbonyl (C=O) groups excluding carboxylic acids is 1. The van der Waals surface area contributed by atoms with E-state index in [0.29, 0.717) is 5.56 Å². The number of benzene rings is 1. The molecule has 0 fully saturated rings. The number of rotatable bonds is 4. The van der Waals surface area contributed by atoms with Gasteiger partial charge in [0.2, 0.25) is 11.7 Å². The first-order valence-electron chi connectivity index (χ1n) is 3.99. The fraction of sp³-hybridized carbons (Fsp3) is 0.111. The average Bonchev–Trinajstić information content (AvgIpc) is 2.18. The smallest absolute Gasteiger partial charge is 0.228 e. The van der Waals surface area contributed by atoms with Crippen LogP contribution in [-0.4, -0.2) is 18.3 Å². The van der Waals surface area contributed by atoms with Crippen LogP contribution in [0.1, 0.15) is 10.4 Å². The van der Waals surface area contributed by atoms with Crippen LogP contribution in [0.15, 0.2) is 35.5 Å². The monoisotopic (exact) mass is 193 g/mol. The third kappa shape index (κ3) is 3.14.